The fourth-order valence-corrected chi connectivity index (χ4v) is 4.58. The lowest BCUT2D eigenvalue weighted by atomic mass is 10.2. The Hall–Kier alpha value is -0.733. The van der Waals surface area contributed by atoms with Gasteiger partial charge in [0.2, 0.25) is 0 Å². The van der Waals surface area contributed by atoms with Crippen LogP contribution in [0.3, 0.4) is 0 Å². The topological polar surface area (TPSA) is 76.5 Å². The average molecular weight is 404 g/mol. The molecular formula is C16H26ClN3O3SSi. The molecule has 9 heteroatoms. The zero-order valence-electron chi connectivity index (χ0n) is 14.8. The van der Waals surface area contributed by atoms with Crippen LogP contribution in [0.25, 0.3) is 10.4 Å². The van der Waals surface area contributed by atoms with Crippen LogP contribution in [-0.2, 0) is 20.8 Å². The maximum atomic E-state index is 8.10. The van der Waals surface area contributed by atoms with Crippen molar-refractivity contribution in [1.82, 2.24) is 0 Å². The van der Waals surface area contributed by atoms with E-state index in [-0.39, 0.29) is 0 Å². The number of benzene rings is 1. The van der Waals surface area contributed by atoms with Crippen LogP contribution in [0.4, 0.5) is 0 Å². The third-order valence-electron chi connectivity index (χ3n) is 2.92. The van der Waals surface area contributed by atoms with Gasteiger partial charge in [0.1, 0.15) is 0 Å². The Morgan fingerprint density at radius 2 is 1.64 bits per heavy atom. The number of hydrogen-bond acceptors (Lipinski definition) is 5. The van der Waals surface area contributed by atoms with Crippen LogP contribution in [0.2, 0.25) is 13.1 Å². The standard InChI is InChI=1S/C16H26ClN3O3SSi/c1-25(2,17)14-24-16-5-3-15(4-6-16)13-23-12-11-22-10-9-21-8-7-19-20-18/h3-6H,7-14H2,1-2H3. The van der Waals surface area contributed by atoms with Crippen molar-refractivity contribution in [2.45, 2.75) is 24.6 Å². The lowest BCUT2D eigenvalue weighted by molar-refractivity contribution is 0.0119. The third-order valence-corrected chi connectivity index (χ3v) is 7.83. The molecule has 1 aromatic carbocycles. The monoisotopic (exact) mass is 403 g/mol. The quantitative estimate of drug-likeness (QED) is 0.0863. The van der Waals surface area contributed by atoms with Crippen molar-refractivity contribution in [3.05, 3.63) is 40.3 Å². The molecule has 0 bridgehead atoms. The van der Waals surface area contributed by atoms with Gasteiger partial charge in [-0.3, -0.25) is 0 Å². The molecule has 0 aliphatic carbocycles. The normalized spacial score (nSPS) is 11.3. The van der Waals surface area contributed by atoms with Gasteiger partial charge >= 0.3 is 0 Å². The van der Waals surface area contributed by atoms with E-state index in [1.807, 2.05) is 11.8 Å². The van der Waals surface area contributed by atoms with Crippen molar-refractivity contribution in [3.8, 4) is 0 Å². The summed E-state index contributed by atoms with van der Waals surface area (Å²) in [6, 6.07) is 8.41. The Morgan fingerprint density at radius 1 is 1.04 bits per heavy atom. The summed E-state index contributed by atoms with van der Waals surface area (Å²) in [6.07, 6.45) is 0. The van der Waals surface area contributed by atoms with Crippen molar-refractivity contribution in [3.63, 3.8) is 0 Å². The highest BCUT2D eigenvalue weighted by Gasteiger charge is 2.16. The number of hydrogen-bond donors (Lipinski definition) is 0. The Kier molecular flexibility index (Phi) is 12.0. The van der Waals surface area contributed by atoms with Gasteiger partial charge in [-0.25, -0.2) is 0 Å². The molecule has 1 rings (SSSR count). The van der Waals surface area contributed by atoms with Crippen molar-refractivity contribution in [1.29, 1.82) is 0 Å². The Bertz CT molecular complexity index is 522. The van der Waals surface area contributed by atoms with Gasteiger partial charge in [-0.15, -0.1) is 11.8 Å². The molecule has 0 radical (unpaired) electrons. The molecule has 0 saturated heterocycles. The predicted octanol–water partition coefficient (Wildman–Crippen LogP) is 4.62. The number of ether oxygens (including phenoxy) is 3. The van der Waals surface area contributed by atoms with Crippen molar-refractivity contribution in [2.24, 2.45) is 5.11 Å². The maximum absolute atomic E-state index is 8.10. The highest BCUT2D eigenvalue weighted by Crippen LogP contribution is 2.24. The first-order chi connectivity index (χ1) is 12.0. The molecule has 0 spiro atoms. The highest BCUT2D eigenvalue weighted by molar-refractivity contribution is 8.01. The van der Waals surface area contributed by atoms with Gasteiger partial charge in [0.15, 0.2) is 7.38 Å². The van der Waals surface area contributed by atoms with Gasteiger partial charge in [0.25, 0.3) is 0 Å². The first-order valence-corrected chi connectivity index (χ1v) is 13.4. The Labute approximate surface area is 159 Å². The summed E-state index contributed by atoms with van der Waals surface area (Å²) in [7, 11) is -1.53. The smallest absolute Gasteiger partial charge is 0.160 e. The second-order valence-corrected chi connectivity index (χ2v) is 14.3. The summed E-state index contributed by atoms with van der Waals surface area (Å²) in [5, 5.41) is 4.39. The van der Waals surface area contributed by atoms with Crippen LogP contribution < -0.4 is 0 Å². The van der Waals surface area contributed by atoms with Crippen LogP contribution in [0, 0.1) is 0 Å². The molecule has 0 aliphatic heterocycles. The van der Waals surface area contributed by atoms with E-state index in [2.05, 4.69) is 47.4 Å². The summed E-state index contributed by atoms with van der Waals surface area (Å²) < 4.78 is 16.2. The molecule has 0 aromatic heterocycles. The number of thioether (sulfide) groups is 1. The molecule has 140 valence electrons. The second kappa shape index (κ2) is 13.5. The molecule has 0 unspecified atom stereocenters. The molecule has 25 heavy (non-hydrogen) atoms. The first-order valence-electron chi connectivity index (χ1n) is 8.16. The molecule has 0 fully saturated rings. The summed E-state index contributed by atoms with van der Waals surface area (Å²) in [6.45, 7) is 7.72. The van der Waals surface area contributed by atoms with Crippen LogP contribution in [-0.4, -0.2) is 52.3 Å². The van der Waals surface area contributed by atoms with Crippen LogP contribution in [0.15, 0.2) is 34.3 Å². The van der Waals surface area contributed by atoms with Crippen molar-refractivity contribution in [2.75, 3.05) is 45.0 Å². The average Bonchev–Trinajstić information content (AvgIpc) is 2.58. The van der Waals surface area contributed by atoms with Gasteiger partial charge < -0.3 is 14.2 Å². The van der Waals surface area contributed by atoms with E-state index < -0.39 is 7.38 Å². The highest BCUT2D eigenvalue weighted by atomic mass is 35.6. The number of halogens is 1. The minimum absolute atomic E-state index is 0.350. The fourth-order valence-electron chi connectivity index (χ4n) is 1.72. The molecule has 6 nitrogen and oxygen atoms in total. The van der Waals surface area contributed by atoms with Gasteiger partial charge in [0, 0.05) is 21.7 Å². The van der Waals surface area contributed by atoms with Crippen LogP contribution in [0.1, 0.15) is 5.56 Å². The summed E-state index contributed by atoms with van der Waals surface area (Å²) in [5.41, 5.74) is 9.24. The van der Waals surface area contributed by atoms with E-state index in [1.165, 1.54) is 4.90 Å². The predicted molar refractivity (Wildman–Crippen MR) is 106 cm³/mol. The number of azide groups is 1. The molecule has 0 aliphatic rings. The van der Waals surface area contributed by atoms with E-state index in [0.717, 1.165) is 10.9 Å². The van der Waals surface area contributed by atoms with E-state index in [9.17, 15) is 0 Å². The summed E-state index contributed by atoms with van der Waals surface area (Å²) in [4.78, 5) is 3.89. The minimum atomic E-state index is -1.53. The van der Waals surface area contributed by atoms with E-state index in [1.54, 1.807) is 0 Å². The van der Waals surface area contributed by atoms with Gasteiger partial charge in [-0.2, -0.15) is 11.1 Å². The first kappa shape index (κ1) is 22.3. The molecule has 0 saturated carbocycles. The van der Waals surface area contributed by atoms with Crippen LogP contribution in [0.5, 0.6) is 0 Å². The van der Waals surface area contributed by atoms with E-state index >= 15 is 0 Å². The van der Waals surface area contributed by atoms with Gasteiger partial charge in [-0.1, -0.05) is 30.3 Å². The molecule has 0 amide bonds. The maximum Gasteiger partial charge on any atom is 0.160 e. The largest absolute Gasteiger partial charge is 0.379 e. The van der Waals surface area contributed by atoms with Crippen molar-refractivity contribution < 1.29 is 14.2 Å². The Balaban J connectivity index is 2.02. The molecule has 0 N–H and O–H groups in total. The van der Waals surface area contributed by atoms with Gasteiger partial charge in [0.05, 0.1) is 39.6 Å². The number of nitrogens with zero attached hydrogens (tertiary/aromatic N) is 3. The van der Waals surface area contributed by atoms with Crippen LogP contribution >= 0.6 is 22.8 Å². The SMILES string of the molecule is C[Si](C)(Cl)CSc1ccc(COCCOCCOCCN=[N+]=[N-])cc1. The lowest BCUT2D eigenvalue weighted by Crippen LogP contribution is -2.20. The molecule has 1 aromatic rings. The van der Waals surface area contributed by atoms with Crippen molar-refractivity contribution >= 4 is 30.2 Å². The summed E-state index contributed by atoms with van der Waals surface area (Å²) in [5.74, 6) is 0. The minimum Gasteiger partial charge on any atom is -0.379 e. The van der Waals surface area contributed by atoms with E-state index in [4.69, 9.17) is 30.8 Å². The molecule has 0 atom stereocenters. The summed E-state index contributed by atoms with van der Waals surface area (Å²) >= 11 is 8.15. The molecule has 0 heterocycles. The van der Waals surface area contributed by atoms with E-state index in [0.29, 0.717) is 46.2 Å². The lowest BCUT2D eigenvalue weighted by Gasteiger charge is -2.12. The Morgan fingerprint density at radius 3 is 2.24 bits per heavy atom. The van der Waals surface area contributed by atoms with Gasteiger partial charge in [-0.05, 0) is 23.2 Å². The fraction of sp³-hybridized carbons (Fsp3) is 0.625. The zero-order chi connectivity index (χ0) is 18.4. The zero-order valence-corrected chi connectivity index (χ0v) is 17.4. The molecular weight excluding hydrogens is 378 g/mol. The number of rotatable bonds is 14. The third kappa shape index (κ3) is 13.2. The second-order valence-electron chi connectivity index (χ2n) is 5.88.